The highest BCUT2D eigenvalue weighted by molar-refractivity contribution is 7.80. The monoisotopic (exact) mass is 474 g/mol. The first kappa shape index (κ1) is 23.3. The number of nitrogens with zero attached hydrogens (tertiary/aromatic N) is 3. The van der Waals surface area contributed by atoms with Crippen LogP contribution in [0, 0.1) is 13.8 Å². The quantitative estimate of drug-likeness (QED) is 0.500. The van der Waals surface area contributed by atoms with Gasteiger partial charge < -0.3 is 19.9 Å². The number of aryl methyl sites for hydroxylation is 1. The maximum absolute atomic E-state index is 13.3. The molecule has 33 heavy (non-hydrogen) atoms. The zero-order valence-electron chi connectivity index (χ0n) is 18.3. The van der Waals surface area contributed by atoms with Crippen molar-refractivity contribution in [3.05, 3.63) is 82.9 Å². The lowest BCUT2D eigenvalue weighted by atomic mass is 9.96. The SMILES string of the molecule is Cc1cc([C@H]2[C@H](c3ccccn3)NC(=S)N2CCCO)c(C)n1-c1cccc(C(F)(F)F)c1. The summed E-state index contributed by atoms with van der Waals surface area (Å²) in [5, 5.41) is 13.3. The predicted molar refractivity (Wildman–Crippen MR) is 124 cm³/mol. The van der Waals surface area contributed by atoms with E-state index in [0.29, 0.717) is 23.8 Å². The molecule has 0 bridgehead atoms. The van der Waals surface area contributed by atoms with Crippen molar-refractivity contribution in [2.24, 2.45) is 0 Å². The number of nitrogens with one attached hydrogen (secondary N) is 1. The summed E-state index contributed by atoms with van der Waals surface area (Å²) in [5.41, 5.74) is 3.19. The summed E-state index contributed by atoms with van der Waals surface area (Å²) in [4.78, 5) is 6.54. The van der Waals surface area contributed by atoms with Gasteiger partial charge >= 0.3 is 6.18 Å². The van der Waals surface area contributed by atoms with Crippen LogP contribution in [0.15, 0.2) is 54.7 Å². The van der Waals surface area contributed by atoms with Crippen molar-refractivity contribution in [2.75, 3.05) is 13.2 Å². The first-order valence-electron chi connectivity index (χ1n) is 10.7. The summed E-state index contributed by atoms with van der Waals surface area (Å²) in [7, 11) is 0. The van der Waals surface area contributed by atoms with Gasteiger partial charge in [-0.3, -0.25) is 4.98 Å². The van der Waals surface area contributed by atoms with Crippen molar-refractivity contribution < 1.29 is 18.3 Å². The highest BCUT2D eigenvalue weighted by Crippen LogP contribution is 2.41. The fourth-order valence-corrected chi connectivity index (χ4v) is 4.86. The Hall–Kier alpha value is -2.91. The van der Waals surface area contributed by atoms with E-state index < -0.39 is 11.7 Å². The van der Waals surface area contributed by atoms with E-state index in [0.717, 1.165) is 28.7 Å². The van der Waals surface area contributed by atoms with Crippen LogP contribution in [0.1, 0.15) is 46.7 Å². The Morgan fingerprint density at radius 2 is 1.91 bits per heavy atom. The third kappa shape index (κ3) is 4.47. The number of alkyl halides is 3. The second-order valence-electron chi connectivity index (χ2n) is 8.11. The molecule has 3 heterocycles. The van der Waals surface area contributed by atoms with Gasteiger partial charge in [-0.05, 0) is 74.4 Å². The van der Waals surface area contributed by atoms with Crippen molar-refractivity contribution in [3.8, 4) is 5.69 Å². The Labute approximate surface area is 195 Å². The molecule has 2 aromatic heterocycles. The molecule has 0 saturated carbocycles. The lowest BCUT2D eigenvalue weighted by Crippen LogP contribution is -2.31. The van der Waals surface area contributed by atoms with Crippen molar-refractivity contribution in [1.29, 1.82) is 0 Å². The van der Waals surface area contributed by atoms with Crippen LogP contribution in [0.3, 0.4) is 0 Å². The van der Waals surface area contributed by atoms with Gasteiger partial charge in [-0.2, -0.15) is 13.2 Å². The van der Waals surface area contributed by atoms with Crippen LogP contribution in [0.5, 0.6) is 0 Å². The molecule has 0 unspecified atom stereocenters. The summed E-state index contributed by atoms with van der Waals surface area (Å²) in [6, 6.07) is 12.6. The highest BCUT2D eigenvalue weighted by atomic mass is 32.1. The maximum Gasteiger partial charge on any atom is 0.416 e. The lowest BCUT2D eigenvalue weighted by Gasteiger charge is -2.28. The standard InChI is InChI=1S/C24H25F3N4OS/c1-15-13-19(16(2)31(15)18-8-5-7-17(14-18)24(25,26)27)22-21(20-9-3-4-10-28-20)29-23(33)30(22)11-6-12-32/h3-5,7-10,13-14,21-22,32H,6,11-12H2,1-2H3,(H,29,33)/t21-,22-/m0/s1. The third-order valence-corrected chi connectivity index (χ3v) is 6.33. The molecule has 0 radical (unpaired) electrons. The fraction of sp³-hybridized carbons (Fsp3) is 0.333. The van der Waals surface area contributed by atoms with Crippen LogP contribution in [0.4, 0.5) is 13.2 Å². The van der Waals surface area contributed by atoms with Crippen LogP contribution in [-0.2, 0) is 6.18 Å². The van der Waals surface area contributed by atoms with Crippen molar-refractivity contribution in [2.45, 2.75) is 38.5 Å². The molecule has 1 aliphatic rings. The summed E-state index contributed by atoms with van der Waals surface area (Å²) >= 11 is 5.62. The average molecular weight is 475 g/mol. The first-order chi connectivity index (χ1) is 15.7. The van der Waals surface area contributed by atoms with E-state index >= 15 is 0 Å². The number of aliphatic hydroxyl groups is 1. The molecule has 0 amide bonds. The Kier molecular flexibility index (Phi) is 6.45. The second kappa shape index (κ2) is 9.15. The van der Waals surface area contributed by atoms with Crippen LogP contribution >= 0.6 is 12.2 Å². The Bertz CT molecular complexity index is 1150. The molecule has 0 spiro atoms. The number of hydrogen-bond donors (Lipinski definition) is 2. The van der Waals surface area contributed by atoms with Gasteiger partial charge in [0.25, 0.3) is 0 Å². The minimum absolute atomic E-state index is 0.0311. The van der Waals surface area contributed by atoms with Gasteiger partial charge in [-0.25, -0.2) is 0 Å². The van der Waals surface area contributed by atoms with Gasteiger partial charge in [-0.15, -0.1) is 0 Å². The van der Waals surface area contributed by atoms with Gasteiger partial charge in [0, 0.05) is 36.4 Å². The molecule has 5 nitrogen and oxygen atoms in total. The zero-order chi connectivity index (χ0) is 23.8. The predicted octanol–water partition coefficient (Wildman–Crippen LogP) is 4.86. The molecular weight excluding hydrogens is 449 g/mol. The van der Waals surface area contributed by atoms with E-state index in [1.54, 1.807) is 12.3 Å². The number of hydrogen-bond acceptors (Lipinski definition) is 3. The highest BCUT2D eigenvalue weighted by Gasteiger charge is 2.41. The van der Waals surface area contributed by atoms with Gasteiger partial charge in [0.05, 0.1) is 23.3 Å². The molecular formula is C24H25F3N4OS. The lowest BCUT2D eigenvalue weighted by molar-refractivity contribution is -0.137. The average Bonchev–Trinajstić information content (AvgIpc) is 3.27. The topological polar surface area (TPSA) is 53.3 Å². The van der Waals surface area contributed by atoms with Crippen molar-refractivity contribution >= 4 is 17.3 Å². The number of aliphatic hydroxyl groups excluding tert-OH is 1. The summed E-state index contributed by atoms with van der Waals surface area (Å²) in [6.07, 6.45) is -2.15. The van der Waals surface area contributed by atoms with Crippen molar-refractivity contribution in [3.63, 3.8) is 0 Å². The van der Waals surface area contributed by atoms with E-state index in [-0.39, 0.29) is 18.7 Å². The molecule has 3 aromatic rings. The summed E-state index contributed by atoms with van der Waals surface area (Å²) in [6.45, 7) is 4.36. The molecule has 1 saturated heterocycles. The Morgan fingerprint density at radius 1 is 1.12 bits per heavy atom. The largest absolute Gasteiger partial charge is 0.416 e. The molecule has 0 aliphatic carbocycles. The molecule has 2 N–H and O–H groups in total. The van der Waals surface area contributed by atoms with E-state index in [9.17, 15) is 18.3 Å². The van der Waals surface area contributed by atoms with E-state index in [1.807, 2.05) is 47.6 Å². The van der Waals surface area contributed by atoms with E-state index in [4.69, 9.17) is 12.2 Å². The van der Waals surface area contributed by atoms with Crippen LogP contribution in [-0.4, -0.2) is 37.8 Å². The normalized spacial score (nSPS) is 18.6. The number of benzene rings is 1. The molecule has 1 aliphatic heterocycles. The number of rotatable bonds is 6. The van der Waals surface area contributed by atoms with Gasteiger partial charge in [-0.1, -0.05) is 12.1 Å². The van der Waals surface area contributed by atoms with Crippen LogP contribution < -0.4 is 5.32 Å². The molecule has 9 heteroatoms. The zero-order valence-corrected chi connectivity index (χ0v) is 19.1. The minimum atomic E-state index is -4.42. The molecule has 174 valence electrons. The second-order valence-corrected chi connectivity index (χ2v) is 8.49. The fourth-order valence-electron chi connectivity index (χ4n) is 4.53. The summed E-state index contributed by atoms with van der Waals surface area (Å²) in [5.74, 6) is 0. The van der Waals surface area contributed by atoms with Gasteiger partial charge in [0.2, 0.25) is 0 Å². The number of aromatic nitrogens is 2. The number of pyridine rings is 1. The molecule has 1 fully saturated rings. The summed E-state index contributed by atoms with van der Waals surface area (Å²) < 4.78 is 41.8. The van der Waals surface area contributed by atoms with Crippen LogP contribution in [0.25, 0.3) is 5.69 Å². The van der Waals surface area contributed by atoms with Gasteiger partial charge in [0.1, 0.15) is 0 Å². The molecule has 1 aromatic carbocycles. The van der Waals surface area contributed by atoms with E-state index in [2.05, 4.69) is 10.3 Å². The Balaban J connectivity index is 1.81. The molecule has 2 atom stereocenters. The third-order valence-electron chi connectivity index (χ3n) is 5.98. The van der Waals surface area contributed by atoms with Gasteiger partial charge in [0.15, 0.2) is 5.11 Å². The molecule has 4 rings (SSSR count). The maximum atomic E-state index is 13.3. The van der Waals surface area contributed by atoms with Crippen molar-refractivity contribution in [1.82, 2.24) is 19.8 Å². The Morgan fingerprint density at radius 3 is 2.58 bits per heavy atom. The minimum Gasteiger partial charge on any atom is -0.396 e. The smallest absolute Gasteiger partial charge is 0.396 e. The first-order valence-corrected chi connectivity index (χ1v) is 11.1. The number of halogens is 3. The van der Waals surface area contributed by atoms with Crippen LogP contribution in [0.2, 0.25) is 0 Å². The number of thiocarbonyl (C=S) groups is 1. The van der Waals surface area contributed by atoms with E-state index in [1.165, 1.54) is 12.1 Å².